The zero-order chi connectivity index (χ0) is 13.0. The van der Waals surface area contributed by atoms with Crippen LogP contribution in [0.5, 0.6) is 0 Å². The molecule has 1 aliphatic heterocycles. The first-order chi connectivity index (χ1) is 8.66. The second kappa shape index (κ2) is 6.09. The highest BCUT2D eigenvalue weighted by atomic mass is 79.9. The van der Waals surface area contributed by atoms with Crippen molar-refractivity contribution >= 4 is 33.3 Å². The van der Waals surface area contributed by atoms with Crippen molar-refractivity contribution in [1.29, 1.82) is 0 Å². The first-order valence-electron chi connectivity index (χ1n) is 6.28. The maximum Gasteiger partial charge on any atom is 0.321 e. The van der Waals surface area contributed by atoms with Crippen LogP contribution in [0.4, 0.5) is 16.2 Å². The van der Waals surface area contributed by atoms with E-state index < -0.39 is 0 Å². The van der Waals surface area contributed by atoms with Gasteiger partial charge in [0.2, 0.25) is 0 Å². The second-order valence-corrected chi connectivity index (χ2v) is 5.43. The van der Waals surface area contributed by atoms with Crippen molar-refractivity contribution in [1.82, 2.24) is 4.90 Å². The Bertz CT molecular complexity index is 428. The Kier molecular flexibility index (Phi) is 4.47. The molecule has 1 fully saturated rings. The molecular weight excluding hydrogens is 294 g/mol. The van der Waals surface area contributed by atoms with E-state index in [-0.39, 0.29) is 6.03 Å². The van der Waals surface area contributed by atoms with E-state index in [2.05, 4.69) is 21.2 Å². The molecular formula is C13H18BrN3O. The molecule has 0 aromatic heterocycles. The average molecular weight is 312 g/mol. The maximum absolute atomic E-state index is 12.1. The summed E-state index contributed by atoms with van der Waals surface area (Å²) in [5, 5.41) is 2.92. The second-order valence-electron chi connectivity index (χ2n) is 4.57. The van der Waals surface area contributed by atoms with Gasteiger partial charge in [-0.2, -0.15) is 0 Å². The number of nitrogens with one attached hydrogen (secondary N) is 1. The molecule has 0 bridgehead atoms. The third-order valence-corrected chi connectivity index (χ3v) is 3.78. The molecule has 2 rings (SSSR count). The summed E-state index contributed by atoms with van der Waals surface area (Å²) in [5.41, 5.74) is 7.11. The summed E-state index contributed by atoms with van der Waals surface area (Å²) in [6, 6.07) is 5.36. The monoisotopic (exact) mass is 311 g/mol. The van der Waals surface area contributed by atoms with E-state index in [0.717, 1.165) is 36.1 Å². The zero-order valence-electron chi connectivity index (χ0n) is 10.3. The van der Waals surface area contributed by atoms with Gasteiger partial charge in [0.15, 0.2) is 0 Å². The molecule has 18 heavy (non-hydrogen) atoms. The highest BCUT2D eigenvalue weighted by Crippen LogP contribution is 2.25. The fourth-order valence-electron chi connectivity index (χ4n) is 2.10. The lowest BCUT2D eigenvalue weighted by Gasteiger charge is -2.21. The zero-order valence-corrected chi connectivity index (χ0v) is 11.9. The van der Waals surface area contributed by atoms with Gasteiger partial charge >= 0.3 is 6.03 Å². The molecule has 2 amide bonds. The number of amides is 2. The number of carbonyl (C=O) groups excluding carboxylic acids is 1. The number of hydrogen-bond donors (Lipinski definition) is 2. The van der Waals surface area contributed by atoms with Gasteiger partial charge < -0.3 is 16.0 Å². The third kappa shape index (κ3) is 3.38. The lowest BCUT2D eigenvalue weighted by molar-refractivity contribution is 0.214. The largest absolute Gasteiger partial charge is 0.399 e. The summed E-state index contributed by atoms with van der Waals surface area (Å²) >= 11 is 3.40. The van der Waals surface area contributed by atoms with Gasteiger partial charge in [-0.05, 0) is 47.0 Å². The number of nitrogens with zero attached hydrogens (tertiary/aromatic N) is 1. The molecule has 1 heterocycles. The van der Waals surface area contributed by atoms with E-state index in [9.17, 15) is 4.79 Å². The molecule has 3 N–H and O–H groups in total. The fraction of sp³-hybridized carbons (Fsp3) is 0.462. The third-order valence-electron chi connectivity index (χ3n) is 3.13. The van der Waals surface area contributed by atoms with Gasteiger partial charge in [-0.1, -0.05) is 12.8 Å². The van der Waals surface area contributed by atoms with E-state index in [1.807, 2.05) is 11.0 Å². The van der Waals surface area contributed by atoms with Crippen LogP contribution < -0.4 is 11.1 Å². The average Bonchev–Trinajstić information content (AvgIpc) is 2.61. The summed E-state index contributed by atoms with van der Waals surface area (Å²) in [6.07, 6.45) is 4.62. The molecule has 0 spiro atoms. The highest BCUT2D eigenvalue weighted by molar-refractivity contribution is 9.10. The van der Waals surface area contributed by atoms with E-state index >= 15 is 0 Å². The number of carbonyl (C=O) groups is 1. The Morgan fingerprint density at radius 3 is 2.50 bits per heavy atom. The first kappa shape index (κ1) is 13.2. The summed E-state index contributed by atoms with van der Waals surface area (Å²) in [4.78, 5) is 14.0. The van der Waals surface area contributed by atoms with Crippen LogP contribution in [0, 0.1) is 0 Å². The van der Waals surface area contributed by atoms with Crippen molar-refractivity contribution in [3.8, 4) is 0 Å². The van der Waals surface area contributed by atoms with Crippen LogP contribution in [0.3, 0.4) is 0 Å². The Morgan fingerprint density at radius 2 is 1.89 bits per heavy atom. The van der Waals surface area contributed by atoms with Gasteiger partial charge in [0.05, 0.1) is 5.69 Å². The molecule has 1 aromatic carbocycles. The van der Waals surface area contributed by atoms with Crippen molar-refractivity contribution < 1.29 is 4.79 Å². The molecule has 0 saturated carbocycles. The number of benzene rings is 1. The quantitative estimate of drug-likeness (QED) is 0.780. The Balaban J connectivity index is 2.01. The lowest BCUT2D eigenvalue weighted by atomic mass is 10.2. The highest BCUT2D eigenvalue weighted by Gasteiger charge is 2.16. The van der Waals surface area contributed by atoms with Crippen LogP contribution in [0.1, 0.15) is 25.7 Å². The van der Waals surface area contributed by atoms with Crippen LogP contribution >= 0.6 is 15.9 Å². The Morgan fingerprint density at radius 1 is 1.22 bits per heavy atom. The van der Waals surface area contributed by atoms with E-state index in [1.165, 1.54) is 12.8 Å². The van der Waals surface area contributed by atoms with Gasteiger partial charge in [-0.3, -0.25) is 0 Å². The molecule has 1 aliphatic rings. The van der Waals surface area contributed by atoms with Crippen molar-refractivity contribution in [3.63, 3.8) is 0 Å². The van der Waals surface area contributed by atoms with Crippen LogP contribution in [-0.2, 0) is 0 Å². The van der Waals surface area contributed by atoms with Crippen LogP contribution in [0.15, 0.2) is 22.7 Å². The molecule has 98 valence electrons. The number of nitrogens with two attached hydrogens (primary N) is 1. The Labute approximate surface area is 116 Å². The molecule has 5 heteroatoms. The minimum Gasteiger partial charge on any atom is -0.399 e. The standard InChI is InChI=1S/C13H18BrN3O/c14-11-9-10(15)5-6-12(11)16-13(18)17-7-3-1-2-4-8-17/h5-6,9H,1-4,7-8,15H2,(H,16,18). The number of nitrogen functional groups attached to an aromatic ring is 1. The van der Waals surface area contributed by atoms with Crippen molar-refractivity contribution in [2.75, 3.05) is 24.1 Å². The molecule has 0 aliphatic carbocycles. The van der Waals surface area contributed by atoms with E-state index in [0.29, 0.717) is 5.69 Å². The normalized spacial score (nSPS) is 16.2. The van der Waals surface area contributed by atoms with Gasteiger partial charge in [-0.25, -0.2) is 4.79 Å². The first-order valence-corrected chi connectivity index (χ1v) is 7.07. The van der Waals surface area contributed by atoms with Gasteiger partial charge in [0.1, 0.15) is 0 Å². The lowest BCUT2D eigenvalue weighted by Crippen LogP contribution is -2.35. The number of likely N-dealkylation sites (tertiary alicyclic amines) is 1. The SMILES string of the molecule is Nc1ccc(NC(=O)N2CCCCCC2)c(Br)c1. The van der Waals surface area contributed by atoms with Crippen LogP contribution in [-0.4, -0.2) is 24.0 Å². The summed E-state index contributed by atoms with van der Waals surface area (Å²) in [6.45, 7) is 1.69. The molecule has 0 atom stereocenters. The van der Waals surface area contributed by atoms with Gasteiger partial charge in [-0.15, -0.1) is 0 Å². The number of halogens is 1. The Hall–Kier alpha value is -1.23. The van der Waals surface area contributed by atoms with Gasteiger partial charge in [0.25, 0.3) is 0 Å². The molecule has 4 nitrogen and oxygen atoms in total. The van der Waals surface area contributed by atoms with Crippen LogP contribution in [0.2, 0.25) is 0 Å². The predicted molar refractivity (Wildman–Crippen MR) is 77.6 cm³/mol. The predicted octanol–water partition coefficient (Wildman–Crippen LogP) is 3.44. The number of rotatable bonds is 1. The number of urea groups is 1. The van der Waals surface area contributed by atoms with Crippen molar-refractivity contribution in [3.05, 3.63) is 22.7 Å². The summed E-state index contributed by atoms with van der Waals surface area (Å²) in [5.74, 6) is 0. The number of anilines is 2. The summed E-state index contributed by atoms with van der Waals surface area (Å²) < 4.78 is 0.811. The molecule has 1 saturated heterocycles. The number of hydrogen-bond acceptors (Lipinski definition) is 2. The summed E-state index contributed by atoms with van der Waals surface area (Å²) in [7, 11) is 0. The van der Waals surface area contributed by atoms with Crippen molar-refractivity contribution in [2.45, 2.75) is 25.7 Å². The van der Waals surface area contributed by atoms with E-state index in [1.54, 1.807) is 12.1 Å². The smallest absolute Gasteiger partial charge is 0.321 e. The molecule has 1 aromatic rings. The minimum absolute atomic E-state index is 0.0256. The van der Waals surface area contributed by atoms with Gasteiger partial charge in [0, 0.05) is 23.2 Å². The minimum atomic E-state index is -0.0256. The van der Waals surface area contributed by atoms with E-state index in [4.69, 9.17) is 5.73 Å². The maximum atomic E-state index is 12.1. The van der Waals surface area contributed by atoms with Crippen LogP contribution in [0.25, 0.3) is 0 Å². The molecule has 0 radical (unpaired) electrons. The fourth-order valence-corrected chi connectivity index (χ4v) is 2.60. The topological polar surface area (TPSA) is 58.4 Å². The van der Waals surface area contributed by atoms with Crippen molar-refractivity contribution in [2.24, 2.45) is 0 Å². The molecule has 0 unspecified atom stereocenters.